The molecule has 0 aromatic carbocycles. The second-order valence-electron chi connectivity index (χ2n) is 6.99. The first-order valence-corrected chi connectivity index (χ1v) is 10.3. The van der Waals surface area contributed by atoms with Gasteiger partial charge in [0.05, 0.1) is 5.69 Å². The van der Waals surface area contributed by atoms with Gasteiger partial charge in [0.15, 0.2) is 14.9 Å². The van der Waals surface area contributed by atoms with Crippen molar-refractivity contribution in [1.82, 2.24) is 14.8 Å². The van der Waals surface area contributed by atoms with Crippen LogP contribution in [0.5, 0.6) is 0 Å². The second kappa shape index (κ2) is 6.17. The molecule has 2 aromatic rings. The Labute approximate surface area is 152 Å². The number of nitrogens with one attached hydrogen (secondary N) is 1. The number of carbonyl (C=O) groups is 1. The Morgan fingerprint density at radius 3 is 2.92 bits per heavy atom. The zero-order valence-corrected chi connectivity index (χ0v) is 15.7. The van der Waals surface area contributed by atoms with E-state index in [1.54, 1.807) is 13.2 Å². The summed E-state index contributed by atoms with van der Waals surface area (Å²) < 4.78 is 17.8. The number of hydrogen-bond acceptors (Lipinski definition) is 4. The fourth-order valence-electron chi connectivity index (χ4n) is 3.80. The molecule has 4 rings (SSSR count). The van der Waals surface area contributed by atoms with Crippen LogP contribution in [0.15, 0.2) is 21.7 Å². The van der Waals surface area contributed by atoms with Gasteiger partial charge < -0.3 is 5.32 Å². The van der Waals surface area contributed by atoms with Gasteiger partial charge in [-0.3, -0.25) is 9.67 Å². The molecular weight excluding hydrogens is 352 g/mol. The third kappa shape index (κ3) is 2.90. The predicted octanol–water partition coefficient (Wildman–Crippen LogP) is 2.29. The molecular formula is C17H22N6O2S. The van der Waals surface area contributed by atoms with Crippen LogP contribution in [-0.4, -0.2) is 25.0 Å². The number of hydrogen-bond donors (Lipinski definition) is 2. The standard InChI is InChI=1S/C17H22N6O2S/c1-10-6-7-12-15(10)19-13-5-3-4-11(13)16(12)20-17(24)22-26(18,25)14-8-9-23(2)21-14/h8-10H,3-7H2,1-2H3,(H3,18,19,20,22,24,25)/t10-,26?/m1/s1. The largest absolute Gasteiger partial charge is 0.354 e. The third-order valence-electron chi connectivity index (χ3n) is 5.09. The van der Waals surface area contributed by atoms with Crippen LogP contribution >= 0.6 is 0 Å². The van der Waals surface area contributed by atoms with Crippen molar-refractivity contribution in [3.63, 3.8) is 0 Å². The SMILES string of the molecule is C[C@@H]1CCc2c1nc1c(c2NC(=O)N=S(N)(=O)c2ccn(C)n2)CCC1. The smallest absolute Gasteiger partial charge is 0.305 e. The normalized spacial score (nSPS) is 20.3. The summed E-state index contributed by atoms with van der Waals surface area (Å²) in [5, 5.41) is 12.7. The lowest BCUT2D eigenvalue weighted by Gasteiger charge is -2.15. The Morgan fingerprint density at radius 2 is 2.19 bits per heavy atom. The topological polar surface area (TPSA) is 115 Å². The van der Waals surface area contributed by atoms with Crippen molar-refractivity contribution < 1.29 is 9.00 Å². The molecule has 2 aromatic heterocycles. The minimum absolute atomic E-state index is 0.0916. The zero-order valence-electron chi connectivity index (χ0n) is 14.9. The number of fused-ring (bicyclic) bond motifs is 2. The second-order valence-corrected chi connectivity index (χ2v) is 8.72. The molecule has 2 heterocycles. The Kier molecular flexibility index (Phi) is 4.07. The highest BCUT2D eigenvalue weighted by molar-refractivity contribution is 7.91. The van der Waals surface area contributed by atoms with Gasteiger partial charge >= 0.3 is 6.03 Å². The van der Waals surface area contributed by atoms with Gasteiger partial charge in [-0.2, -0.15) is 5.10 Å². The molecule has 0 radical (unpaired) electrons. The molecule has 26 heavy (non-hydrogen) atoms. The van der Waals surface area contributed by atoms with Crippen molar-refractivity contribution >= 4 is 21.6 Å². The summed E-state index contributed by atoms with van der Waals surface area (Å²) in [7, 11) is -1.70. The third-order valence-corrected chi connectivity index (χ3v) is 6.34. The van der Waals surface area contributed by atoms with E-state index in [9.17, 15) is 9.00 Å². The monoisotopic (exact) mass is 374 g/mol. The molecule has 0 saturated carbocycles. The maximum Gasteiger partial charge on any atom is 0.354 e. The number of nitrogens with zero attached hydrogens (tertiary/aromatic N) is 4. The molecule has 0 saturated heterocycles. The van der Waals surface area contributed by atoms with Gasteiger partial charge in [-0.1, -0.05) is 6.92 Å². The molecule has 2 aliphatic carbocycles. The number of amides is 2. The van der Waals surface area contributed by atoms with Gasteiger partial charge in [0, 0.05) is 24.6 Å². The van der Waals surface area contributed by atoms with Crippen molar-refractivity contribution in [3.05, 3.63) is 34.8 Å². The summed E-state index contributed by atoms with van der Waals surface area (Å²) in [4.78, 5) is 17.3. The quantitative estimate of drug-likeness (QED) is 0.839. The average Bonchev–Trinajstić information content (AvgIpc) is 3.28. The van der Waals surface area contributed by atoms with Crippen LogP contribution in [0.3, 0.4) is 0 Å². The lowest BCUT2D eigenvalue weighted by atomic mass is 10.0. The zero-order chi connectivity index (χ0) is 18.5. The summed E-state index contributed by atoms with van der Waals surface area (Å²) in [5.41, 5.74) is 5.10. The van der Waals surface area contributed by atoms with Gasteiger partial charge in [0.1, 0.15) is 0 Å². The molecule has 9 heteroatoms. The lowest BCUT2D eigenvalue weighted by molar-refractivity contribution is 0.260. The van der Waals surface area contributed by atoms with E-state index in [0.717, 1.165) is 60.3 Å². The molecule has 0 aliphatic heterocycles. The highest BCUT2D eigenvalue weighted by Gasteiger charge is 2.30. The Balaban J connectivity index is 1.70. The Bertz CT molecular complexity index is 1020. The molecule has 0 spiro atoms. The van der Waals surface area contributed by atoms with Gasteiger partial charge in [0.25, 0.3) is 0 Å². The van der Waals surface area contributed by atoms with Crippen molar-refractivity contribution in [3.8, 4) is 0 Å². The summed E-state index contributed by atoms with van der Waals surface area (Å²) in [6.07, 6.45) is 6.35. The van der Waals surface area contributed by atoms with Gasteiger partial charge in [-0.05, 0) is 55.2 Å². The highest BCUT2D eigenvalue weighted by Crippen LogP contribution is 2.41. The van der Waals surface area contributed by atoms with Crippen LogP contribution in [-0.2, 0) is 36.2 Å². The number of aromatic nitrogens is 3. The molecule has 138 valence electrons. The molecule has 8 nitrogen and oxygen atoms in total. The van der Waals surface area contributed by atoms with Crippen LogP contribution in [0.4, 0.5) is 10.5 Å². The van der Waals surface area contributed by atoms with Crippen LogP contribution in [0.2, 0.25) is 0 Å². The fraction of sp³-hybridized carbons (Fsp3) is 0.471. The summed E-state index contributed by atoms with van der Waals surface area (Å²) >= 11 is 0. The van der Waals surface area contributed by atoms with Crippen LogP contribution in [0.1, 0.15) is 48.2 Å². The van der Waals surface area contributed by atoms with E-state index in [0.29, 0.717) is 5.92 Å². The van der Waals surface area contributed by atoms with Crippen molar-refractivity contribution in [2.45, 2.75) is 50.0 Å². The van der Waals surface area contributed by atoms with Crippen molar-refractivity contribution in [2.24, 2.45) is 16.5 Å². The summed E-state index contributed by atoms with van der Waals surface area (Å²) in [6.45, 7) is 2.16. The Morgan fingerprint density at radius 1 is 1.38 bits per heavy atom. The number of rotatable bonds is 2. The minimum Gasteiger partial charge on any atom is -0.305 e. The van der Waals surface area contributed by atoms with E-state index in [4.69, 9.17) is 10.1 Å². The van der Waals surface area contributed by atoms with Gasteiger partial charge in [0.2, 0.25) is 0 Å². The highest BCUT2D eigenvalue weighted by atomic mass is 32.2. The molecule has 2 atom stereocenters. The van der Waals surface area contributed by atoms with Gasteiger partial charge in [-0.15, -0.1) is 4.36 Å². The minimum atomic E-state index is -3.38. The number of carbonyl (C=O) groups excluding carboxylic acids is 1. The number of urea groups is 1. The maximum absolute atomic E-state index is 12.6. The molecule has 2 aliphatic rings. The van der Waals surface area contributed by atoms with E-state index in [1.165, 1.54) is 10.7 Å². The van der Waals surface area contributed by atoms with E-state index in [2.05, 4.69) is 21.7 Å². The fourth-order valence-corrected chi connectivity index (χ4v) is 4.69. The summed E-state index contributed by atoms with van der Waals surface area (Å²) in [5.74, 6) is 0.385. The van der Waals surface area contributed by atoms with E-state index < -0.39 is 15.9 Å². The van der Waals surface area contributed by atoms with E-state index in [-0.39, 0.29) is 5.03 Å². The number of pyridine rings is 1. The van der Waals surface area contributed by atoms with Gasteiger partial charge in [-0.25, -0.2) is 14.1 Å². The van der Waals surface area contributed by atoms with Crippen LogP contribution in [0.25, 0.3) is 0 Å². The predicted molar refractivity (Wildman–Crippen MR) is 98.2 cm³/mol. The lowest BCUT2D eigenvalue weighted by Crippen LogP contribution is -2.19. The molecule has 1 unspecified atom stereocenters. The molecule has 0 fully saturated rings. The number of anilines is 1. The summed E-state index contributed by atoms with van der Waals surface area (Å²) in [6, 6.07) is 0.799. The van der Waals surface area contributed by atoms with Crippen molar-refractivity contribution in [2.75, 3.05) is 5.32 Å². The molecule has 3 N–H and O–H groups in total. The molecule has 0 bridgehead atoms. The Hall–Kier alpha value is -2.26. The number of nitrogens with two attached hydrogens (primary N) is 1. The molecule has 2 amide bonds. The first-order chi connectivity index (χ1) is 12.3. The maximum atomic E-state index is 12.6. The van der Waals surface area contributed by atoms with Crippen LogP contribution in [0, 0.1) is 0 Å². The average molecular weight is 374 g/mol. The van der Waals surface area contributed by atoms with Crippen molar-refractivity contribution in [1.29, 1.82) is 0 Å². The van der Waals surface area contributed by atoms with Crippen LogP contribution < -0.4 is 10.5 Å². The first-order valence-electron chi connectivity index (χ1n) is 8.75. The number of aryl methyl sites for hydroxylation is 2. The van der Waals surface area contributed by atoms with E-state index in [1.807, 2.05) is 0 Å². The first kappa shape index (κ1) is 17.2. The van der Waals surface area contributed by atoms with E-state index >= 15 is 0 Å².